The van der Waals surface area contributed by atoms with Gasteiger partial charge in [0.1, 0.15) is 5.82 Å². The SMILES string of the molecule is CCOC(=O)N1CCCC(C(=O)NCc2ccc(N3CCCC3)nc2)C1. The normalized spacial score (nSPS) is 20.1. The first kappa shape index (κ1) is 18.5. The lowest BCUT2D eigenvalue weighted by Crippen LogP contribution is -2.45. The molecule has 2 saturated heterocycles. The van der Waals surface area contributed by atoms with Crippen molar-refractivity contribution >= 4 is 17.8 Å². The summed E-state index contributed by atoms with van der Waals surface area (Å²) in [6, 6.07) is 4.04. The Morgan fingerprint density at radius 2 is 2.04 bits per heavy atom. The number of ether oxygens (including phenoxy) is 1. The quantitative estimate of drug-likeness (QED) is 0.871. The average molecular weight is 360 g/mol. The smallest absolute Gasteiger partial charge is 0.409 e. The summed E-state index contributed by atoms with van der Waals surface area (Å²) in [7, 11) is 0. The Morgan fingerprint density at radius 1 is 1.23 bits per heavy atom. The molecule has 0 radical (unpaired) electrons. The van der Waals surface area contributed by atoms with Gasteiger partial charge in [-0.3, -0.25) is 4.79 Å². The molecular formula is C19H28N4O3. The highest BCUT2D eigenvalue weighted by molar-refractivity contribution is 5.80. The standard InChI is InChI=1S/C19H28N4O3/c1-2-26-19(25)23-11-5-6-16(14-23)18(24)21-13-15-7-8-17(20-12-15)22-9-3-4-10-22/h7-8,12,16H,2-6,9-11,13-14H2,1H3,(H,21,24). The number of aromatic nitrogens is 1. The molecule has 2 amide bonds. The number of rotatable bonds is 5. The summed E-state index contributed by atoms with van der Waals surface area (Å²) in [6.45, 7) is 5.83. The summed E-state index contributed by atoms with van der Waals surface area (Å²) in [5, 5.41) is 2.98. The molecule has 3 heterocycles. The third-order valence-electron chi connectivity index (χ3n) is 5.02. The molecule has 0 aliphatic carbocycles. The maximum Gasteiger partial charge on any atom is 0.409 e. The Balaban J connectivity index is 1.47. The van der Waals surface area contributed by atoms with Crippen LogP contribution in [0.1, 0.15) is 38.2 Å². The highest BCUT2D eigenvalue weighted by Crippen LogP contribution is 2.19. The van der Waals surface area contributed by atoms with Crippen LogP contribution < -0.4 is 10.2 Å². The largest absolute Gasteiger partial charge is 0.450 e. The molecule has 7 heteroatoms. The van der Waals surface area contributed by atoms with Gasteiger partial charge in [0.2, 0.25) is 5.91 Å². The number of likely N-dealkylation sites (tertiary alicyclic amines) is 1. The summed E-state index contributed by atoms with van der Waals surface area (Å²) in [5.41, 5.74) is 0.986. The number of carbonyl (C=O) groups is 2. The summed E-state index contributed by atoms with van der Waals surface area (Å²) in [5.74, 6) is 0.822. The zero-order valence-electron chi connectivity index (χ0n) is 15.4. The molecule has 2 fully saturated rings. The first-order valence-corrected chi connectivity index (χ1v) is 9.56. The Labute approximate surface area is 154 Å². The van der Waals surface area contributed by atoms with Gasteiger partial charge < -0.3 is 19.9 Å². The highest BCUT2D eigenvalue weighted by Gasteiger charge is 2.28. The van der Waals surface area contributed by atoms with Crippen LogP contribution >= 0.6 is 0 Å². The van der Waals surface area contributed by atoms with E-state index in [-0.39, 0.29) is 17.9 Å². The van der Waals surface area contributed by atoms with E-state index in [4.69, 9.17) is 4.74 Å². The molecule has 1 atom stereocenters. The minimum atomic E-state index is -0.327. The molecule has 2 aliphatic rings. The zero-order valence-corrected chi connectivity index (χ0v) is 15.4. The van der Waals surface area contributed by atoms with E-state index >= 15 is 0 Å². The van der Waals surface area contributed by atoms with Crippen LogP contribution in [0.4, 0.5) is 10.6 Å². The Kier molecular flexibility index (Phi) is 6.30. The molecule has 1 aromatic heterocycles. The number of pyridine rings is 1. The van der Waals surface area contributed by atoms with Crippen molar-refractivity contribution in [1.82, 2.24) is 15.2 Å². The third-order valence-corrected chi connectivity index (χ3v) is 5.02. The number of carbonyl (C=O) groups excluding carboxylic acids is 2. The molecule has 0 spiro atoms. The molecule has 1 N–H and O–H groups in total. The fourth-order valence-corrected chi connectivity index (χ4v) is 3.56. The lowest BCUT2D eigenvalue weighted by atomic mass is 9.97. The van der Waals surface area contributed by atoms with Gasteiger partial charge in [-0.1, -0.05) is 6.07 Å². The van der Waals surface area contributed by atoms with E-state index in [1.807, 2.05) is 18.3 Å². The van der Waals surface area contributed by atoms with E-state index in [1.54, 1.807) is 11.8 Å². The number of piperidine rings is 1. The van der Waals surface area contributed by atoms with E-state index in [2.05, 4.69) is 15.2 Å². The van der Waals surface area contributed by atoms with Crippen LogP contribution in [0.2, 0.25) is 0 Å². The second-order valence-corrected chi connectivity index (χ2v) is 6.92. The number of nitrogens with zero attached hydrogens (tertiary/aromatic N) is 3. The molecule has 0 saturated carbocycles. The number of hydrogen-bond donors (Lipinski definition) is 1. The van der Waals surface area contributed by atoms with Gasteiger partial charge in [0.15, 0.2) is 0 Å². The van der Waals surface area contributed by atoms with Crippen molar-refractivity contribution in [1.29, 1.82) is 0 Å². The topological polar surface area (TPSA) is 74.8 Å². The van der Waals surface area contributed by atoms with Crippen molar-refractivity contribution in [2.45, 2.75) is 39.2 Å². The predicted molar refractivity (Wildman–Crippen MR) is 98.8 cm³/mol. The molecule has 0 bridgehead atoms. The van der Waals surface area contributed by atoms with Crippen LogP contribution in [0.5, 0.6) is 0 Å². The number of anilines is 1. The van der Waals surface area contributed by atoms with Gasteiger partial charge in [0.05, 0.1) is 12.5 Å². The van der Waals surface area contributed by atoms with Gasteiger partial charge in [-0.15, -0.1) is 0 Å². The highest BCUT2D eigenvalue weighted by atomic mass is 16.6. The summed E-state index contributed by atoms with van der Waals surface area (Å²) in [4.78, 5) is 32.7. The second kappa shape index (κ2) is 8.87. The van der Waals surface area contributed by atoms with Gasteiger partial charge in [0.25, 0.3) is 0 Å². The molecule has 1 aromatic rings. The van der Waals surface area contributed by atoms with Crippen molar-refractivity contribution in [2.75, 3.05) is 37.7 Å². The van der Waals surface area contributed by atoms with Gasteiger partial charge in [0, 0.05) is 38.9 Å². The van der Waals surface area contributed by atoms with Gasteiger partial charge in [-0.2, -0.15) is 0 Å². The fourth-order valence-electron chi connectivity index (χ4n) is 3.56. The van der Waals surface area contributed by atoms with Gasteiger partial charge in [-0.25, -0.2) is 9.78 Å². The predicted octanol–water partition coefficient (Wildman–Crippen LogP) is 2.17. The van der Waals surface area contributed by atoms with E-state index in [0.29, 0.717) is 26.2 Å². The molecule has 26 heavy (non-hydrogen) atoms. The second-order valence-electron chi connectivity index (χ2n) is 6.92. The molecule has 3 rings (SSSR count). The van der Waals surface area contributed by atoms with Crippen LogP contribution in [-0.4, -0.2) is 54.7 Å². The average Bonchev–Trinajstić information content (AvgIpc) is 3.21. The molecule has 142 valence electrons. The zero-order chi connectivity index (χ0) is 18.4. The third kappa shape index (κ3) is 4.65. The minimum Gasteiger partial charge on any atom is -0.450 e. The first-order valence-electron chi connectivity index (χ1n) is 9.56. The molecule has 0 aromatic carbocycles. The van der Waals surface area contributed by atoms with E-state index in [9.17, 15) is 9.59 Å². The molecule has 1 unspecified atom stereocenters. The van der Waals surface area contributed by atoms with Crippen molar-refractivity contribution in [3.05, 3.63) is 23.9 Å². The maximum absolute atomic E-state index is 12.5. The monoisotopic (exact) mass is 360 g/mol. The fraction of sp³-hybridized carbons (Fsp3) is 0.632. The van der Waals surface area contributed by atoms with Crippen molar-refractivity contribution in [2.24, 2.45) is 5.92 Å². The van der Waals surface area contributed by atoms with Crippen LogP contribution in [0.25, 0.3) is 0 Å². The van der Waals surface area contributed by atoms with E-state index in [0.717, 1.165) is 37.3 Å². The number of hydrogen-bond acceptors (Lipinski definition) is 5. The molecule has 2 aliphatic heterocycles. The Bertz CT molecular complexity index is 614. The lowest BCUT2D eigenvalue weighted by Gasteiger charge is -2.31. The van der Waals surface area contributed by atoms with Crippen LogP contribution in [-0.2, 0) is 16.1 Å². The number of amides is 2. The minimum absolute atomic E-state index is 0.0115. The van der Waals surface area contributed by atoms with Crippen LogP contribution in [0.3, 0.4) is 0 Å². The van der Waals surface area contributed by atoms with Crippen molar-refractivity contribution < 1.29 is 14.3 Å². The Hall–Kier alpha value is -2.31. The molecular weight excluding hydrogens is 332 g/mol. The van der Waals surface area contributed by atoms with E-state index in [1.165, 1.54) is 12.8 Å². The Morgan fingerprint density at radius 3 is 2.73 bits per heavy atom. The van der Waals surface area contributed by atoms with E-state index < -0.39 is 0 Å². The van der Waals surface area contributed by atoms with Crippen LogP contribution in [0.15, 0.2) is 18.3 Å². The van der Waals surface area contributed by atoms with Gasteiger partial charge >= 0.3 is 6.09 Å². The first-order chi connectivity index (χ1) is 12.7. The number of nitrogens with one attached hydrogen (secondary N) is 1. The summed E-state index contributed by atoms with van der Waals surface area (Å²) in [6.07, 6.45) is 5.58. The summed E-state index contributed by atoms with van der Waals surface area (Å²) >= 11 is 0. The maximum atomic E-state index is 12.5. The van der Waals surface area contributed by atoms with Crippen molar-refractivity contribution in [3.63, 3.8) is 0 Å². The molecule has 7 nitrogen and oxygen atoms in total. The van der Waals surface area contributed by atoms with Gasteiger partial charge in [-0.05, 0) is 44.2 Å². The van der Waals surface area contributed by atoms with Crippen molar-refractivity contribution in [3.8, 4) is 0 Å². The van der Waals surface area contributed by atoms with Crippen LogP contribution in [0, 0.1) is 5.92 Å². The summed E-state index contributed by atoms with van der Waals surface area (Å²) < 4.78 is 5.04. The lowest BCUT2D eigenvalue weighted by molar-refractivity contribution is -0.126.